The Bertz CT molecular complexity index is 796. The van der Waals surface area contributed by atoms with Gasteiger partial charge in [0.25, 0.3) is 0 Å². The molecule has 0 aromatic heterocycles. The predicted molar refractivity (Wildman–Crippen MR) is 137 cm³/mol. The van der Waals surface area contributed by atoms with E-state index in [0.29, 0.717) is 26.1 Å². The normalized spacial score (nSPS) is 14.5. The molecule has 35 heavy (non-hydrogen) atoms. The van der Waals surface area contributed by atoms with Crippen LogP contribution in [-0.2, 0) is 9.53 Å². The molecule has 1 heterocycles. The Morgan fingerprint density at radius 2 is 1.63 bits per heavy atom. The molecule has 1 aromatic carbocycles. The molecule has 0 aliphatic carbocycles. The van der Waals surface area contributed by atoms with Gasteiger partial charge >= 0.3 is 6.09 Å². The van der Waals surface area contributed by atoms with E-state index < -0.39 is 11.7 Å². The summed E-state index contributed by atoms with van der Waals surface area (Å²) in [7, 11) is 0. The maximum atomic E-state index is 12.4. The first kappa shape index (κ1) is 28.6. The monoisotopic (exact) mass is 489 g/mol. The van der Waals surface area contributed by atoms with Crippen molar-refractivity contribution in [1.82, 2.24) is 15.1 Å². The lowest BCUT2D eigenvalue weighted by Crippen LogP contribution is -2.49. The Morgan fingerprint density at radius 1 is 0.943 bits per heavy atom. The van der Waals surface area contributed by atoms with Crippen LogP contribution in [0.25, 0.3) is 0 Å². The molecule has 1 aliphatic heterocycles. The van der Waals surface area contributed by atoms with Gasteiger partial charge in [-0.15, -0.1) is 0 Å². The lowest BCUT2D eigenvalue weighted by Gasteiger charge is -2.34. The molecule has 0 bridgehead atoms. The van der Waals surface area contributed by atoms with Gasteiger partial charge in [-0.05, 0) is 57.9 Å². The number of amides is 2. The zero-order valence-electron chi connectivity index (χ0n) is 21.9. The van der Waals surface area contributed by atoms with Gasteiger partial charge in [-0.1, -0.05) is 19.8 Å². The van der Waals surface area contributed by atoms with Crippen LogP contribution in [0.3, 0.4) is 0 Å². The van der Waals surface area contributed by atoms with E-state index in [0.717, 1.165) is 56.6 Å². The SMILES string of the molecule is CCCCCC(=O)c1ccc(OCCCN2CCN(C(=O)CCNC(=O)OC(C)(C)C)CC2)cc1. The van der Waals surface area contributed by atoms with Crippen LogP contribution in [0.4, 0.5) is 4.79 Å². The summed E-state index contributed by atoms with van der Waals surface area (Å²) in [5.74, 6) is 1.03. The second-order valence-corrected chi connectivity index (χ2v) is 10.0. The predicted octanol–water partition coefficient (Wildman–Crippen LogP) is 4.28. The van der Waals surface area contributed by atoms with Gasteiger partial charge in [0.1, 0.15) is 11.4 Å². The molecule has 0 atom stereocenters. The number of piperazine rings is 1. The minimum absolute atomic E-state index is 0.0522. The van der Waals surface area contributed by atoms with E-state index in [1.54, 1.807) is 20.8 Å². The highest BCUT2D eigenvalue weighted by molar-refractivity contribution is 5.96. The summed E-state index contributed by atoms with van der Waals surface area (Å²) >= 11 is 0. The number of nitrogens with zero attached hydrogens (tertiary/aromatic N) is 2. The molecule has 2 rings (SSSR count). The third-order valence-electron chi connectivity index (χ3n) is 5.80. The van der Waals surface area contributed by atoms with Crippen LogP contribution in [0.2, 0.25) is 0 Å². The molecule has 8 heteroatoms. The fourth-order valence-corrected chi connectivity index (χ4v) is 3.86. The molecule has 0 radical (unpaired) electrons. The first-order chi connectivity index (χ1) is 16.7. The van der Waals surface area contributed by atoms with Crippen molar-refractivity contribution in [3.05, 3.63) is 29.8 Å². The van der Waals surface area contributed by atoms with Crippen molar-refractivity contribution in [2.24, 2.45) is 0 Å². The molecule has 0 spiro atoms. The first-order valence-electron chi connectivity index (χ1n) is 12.9. The molecule has 8 nitrogen and oxygen atoms in total. The number of Topliss-reactive ketones (excluding diaryl/α,β-unsaturated/α-hetero) is 1. The Balaban J connectivity index is 1.57. The van der Waals surface area contributed by atoms with E-state index in [1.807, 2.05) is 29.2 Å². The second-order valence-electron chi connectivity index (χ2n) is 10.0. The van der Waals surface area contributed by atoms with Crippen molar-refractivity contribution in [2.45, 2.75) is 71.8 Å². The zero-order chi connectivity index (χ0) is 25.7. The average molecular weight is 490 g/mol. The fourth-order valence-electron chi connectivity index (χ4n) is 3.86. The van der Waals surface area contributed by atoms with Crippen LogP contribution >= 0.6 is 0 Å². The summed E-state index contributed by atoms with van der Waals surface area (Å²) in [6, 6.07) is 7.44. The number of nitrogens with one attached hydrogen (secondary N) is 1. The van der Waals surface area contributed by atoms with Crippen molar-refractivity contribution < 1.29 is 23.9 Å². The quantitative estimate of drug-likeness (QED) is 0.329. The van der Waals surface area contributed by atoms with E-state index in [2.05, 4.69) is 17.1 Å². The van der Waals surface area contributed by atoms with Gasteiger partial charge in [-0.2, -0.15) is 0 Å². The highest BCUT2D eigenvalue weighted by Gasteiger charge is 2.21. The molecule has 1 aromatic rings. The summed E-state index contributed by atoms with van der Waals surface area (Å²) in [6.45, 7) is 12.4. The third kappa shape index (κ3) is 11.6. The number of carbonyl (C=O) groups excluding carboxylic acids is 3. The number of rotatable bonds is 13. The van der Waals surface area contributed by atoms with Crippen LogP contribution in [0.5, 0.6) is 5.75 Å². The van der Waals surface area contributed by atoms with Crippen molar-refractivity contribution in [3.63, 3.8) is 0 Å². The zero-order valence-corrected chi connectivity index (χ0v) is 21.9. The van der Waals surface area contributed by atoms with Gasteiger partial charge in [0, 0.05) is 57.7 Å². The first-order valence-corrected chi connectivity index (χ1v) is 12.9. The number of unbranched alkanes of at least 4 members (excludes halogenated alkanes) is 2. The van der Waals surface area contributed by atoms with E-state index in [4.69, 9.17) is 9.47 Å². The molecule has 0 unspecified atom stereocenters. The summed E-state index contributed by atoms with van der Waals surface area (Å²) in [5, 5.41) is 2.63. The molecule has 1 saturated heterocycles. The standard InChI is InChI=1S/C27H43N3O5/c1-5-6-7-9-24(31)22-10-12-23(13-11-22)34-21-8-16-29-17-19-30(20-18-29)25(32)14-15-28-26(33)35-27(2,3)4/h10-13H,5-9,14-21H2,1-4H3,(H,28,33). The van der Waals surface area contributed by atoms with Crippen molar-refractivity contribution in [2.75, 3.05) is 45.9 Å². The second kappa shape index (κ2) is 14.7. The van der Waals surface area contributed by atoms with Gasteiger partial charge in [-0.25, -0.2) is 4.79 Å². The molecule has 1 aliphatic rings. The minimum atomic E-state index is -0.548. The van der Waals surface area contributed by atoms with Crippen LogP contribution < -0.4 is 10.1 Å². The number of hydrogen-bond donors (Lipinski definition) is 1. The number of alkyl carbamates (subject to hydrolysis) is 1. The highest BCUT2D eigenvalue weighted by atomic mass is 16.6. The Hall–Kier alpha value is -2.61. The van der Waals surface area contributed by atoms with Crippen molar-refractivity contribution in [3.8, 4) is 5.75 Å². The molecule has 2 amide bonds. The van der Waals surface area contributed by atoms with Gasteiger partial charge in [0.2, 0.25) is 5.91 Å². The summed E-state index contributed by atoms with van der Waals surface area (Å²) < 4.78 is 11.0. The van der Waals surface area contributed by atoms with Gasteiger partial charge in [0.15, 0.2) is 5.78 Å². The molecule has 196 valence electrons. The minimum Gasteiger partial charge on any atom is -0.494 e. The van der Waals surface area contributed by atoms with Crippen molar-refractivity contribution in [1.29, 1.82) is 0 Å². The molecular weight excluding hydrogens is 446 g/mol. The lowest BCUT2D eigenvalue weighted by molar-refractivity contribution is -0.132. The largest absolute Gasteiger partial charge is 0.494 e. The maximum Gasteiger partial charge on any atom is 0.407 e. The van der Waals surface area contributed by atoms with E-state index >= 15 is 0 Å². The molecule has 1 N–H and O–H groups in total. The summed E-state index contributed by atoms with van der Waals surface area (Å²) in [6.07, 6.45) is 4.43. The smallest absolute Gasteiger partial charge is 0.407 e. The maximum absolute atomic E-state index is 12.4. The number of ether oxygens (including phenoxy) is 2. The lowest BCUT2D eigenvalue weighted by atomic mass is 10.0. The van der Waals surface area contributed by atoms with Crippen LogP contribution in [0.15, 0.2) is 24.3 Å². The van der Waals surface area contributed by atoms with Gasteiger partial charge in [-0.3, -0.25) is 14.5 Å². The number of benzene rings is 1. The van der Waals surface area contributed by atoms with Crippen LogP contribution in [0.1, 0.15) is 76.6 Å². The molecular formula is C27H43N3O5. The highest BCUT2D eigenvalue weighted by Crippen LogP contribution is 2.15. The Labute approximate surface area is 210 Å². The van der Waals surface area contributed by atoms with Gasteiger partial charge in [0.05, 0.1) is 6.61 Å². The molecule has 0 saturated carbocycles. The third-order valence-corrected chi connectivity index (χ3v) is 5.80. The average Bonchev–Trinajstić information content (AvgIpc) is 2.81. The summed E-state index contributed by atoms with van der Waals surface area (Å²) in [5.41, 5.74) is 0.204. The van der Waals surface area contributed by atoms with E-state index in [-0.39, 0.29) is 24.7 Å². The fraction of sp³-hybridized carbons (Fsp3) is 0.667. The van der Waals surface area contributed by atoms with Gasteiger partial charge < -0.3 is 19.7 Å². The van der Waals surface area contributed by atoms with Crippen molar-refractivity contribution >= 4 is 17.8 Å². The number of hydrogen-bond acceptors (Lipinski definition) is 6. The Morgan fingerprint density at radius 3 is 2.26 bits per heavy atom. The topological polar surface area (TPSA) is 88.2 Å². The summed E-state index contributed by atoms with van der Waals surface area (Å²) in [4.78, 5) is 40.4. The molecule has 1 fully saturated rings. The Kier molecular flexibility index (Phi) is 12.0. The number of ketones is 1. The number of carbonyl (C=O) groups is 3. The van der Waals surface area contributed by atoms with E-state index in [9.17, 15) is 14.4 Å². The van der Waals surface area contributed by atoms with Crippen LogP contribution in [0, 0.1) is 0 Å². The van der Waals surface area contributed by atoms with E-state index in [1.165, 1.54) is 0 Å². The van der Waals surface area contributed by atoms with Crippen LogP contribution in [-0.4, -0.2) is 79.1 Å².